The van der Waals surface area contributed by atoms with E-state index in [-0.39, 0.29) is 12.2 Å². The van der Waals surface area contributed by atoms with Crippen molar-refractivity contribution in [2.45, 2.75) is 31.2 Å². The van der Waals surface area contributed by atoms with Gasteiger partial charge in [-0.25, -0.2) is 4.98 Å². The lowest BCUT2D eigenvalue weighted by Gasteiger charge is -2.33. The Bertz CT molecular complexity index is 449. The van der Waals surface area contributed by atoms with Gasteiger partial charge in [0.15, 0.2) is 12.0 Å². The number of hydrogen-bond acceptors (Lipinski definition) is 5. The Balaban J connectivity index is 1.99. The van der Waals surface area contributed by atoms with Crippen LogP contribution in [0.4, 0.5) is 13.2 Å². The van der Waals surface area contributed by atoms with Crippen molar-refractivity contribution >= 4 is 11.3 Å². The number of nitrogens with zero attached hydrogens (tertiary/aromatic N) is 2. The number of aromatic nitrogens is 1. The predicted molar refractivity (Wildman–Crippen MR) is 73.3 cm³/mol. The Kier molecular flexibility index (Phi) is 5.59. The van der Waals surface area contributed by atoms with Crippen LogP contribution in [-0.2, 0) is 15.7 Å². The van der Waals surface area contributed by atoms with Crippen LogP contribution in [0.1, 0.15) is 29.5 Å². The molecule has 1 fully saturated rings. The van der Waals surface area contributed by atoms with Crippen molar-refractivity contribution in [2.75, 3.05) is 33.9 Å². The predicted octanol–water partition coefficient (Wildman–Crippen LogP) is 2.96. The SMILES string of the molecule is COC(CN1CCCC(c2nc(C(F)(F)F)cs2)C1)OC. The molecule has 2 heterocycles. The summed E-state index contributed by atoms with van der Waals surface area (Å²) in [5, 5.41) is 1.67. The summed E-state index contributed by atoms with van der Waals surface area (Å²) in [4.78, 5) is 5.92. The normalized spacial score (nSPS) is 21.1. The van der Waals surface area contributed by atoms with Crippen molar-refractivity contribution in [1.29, 1.82) is 0 Å². The van der Waals surface area contributed by atoms with Gasteiger partial charge >= 0.3 is 6.18 Å². The lowest BCUT2D eigenvalue weighted by atomic mass is 9.99. The zero-order valence-electron chi connectivity index (χ0n) is 12.0. The van der Waals surface area contributed by atoms with E-state index in [0.29, 0.717) is 18.1 Å². The first-order chi connectivity index (χ1) is 9.94. The molecule has 2 rings (SSSR count). The topological polar surface area (TPSA) is 34.6 Å². The molecule has 1 aromatic heterocycles. The van der Waals surface area contributed by atoms with E-state index in [1.165, 1.54) is 0 Å². The summed E-state index contributed by atoms with van der Waals surface area (Å²) in [7, 11) is 3.15. The van der Waals surface area contributed by atoms with Gasteiger partial charge in [-0.05, 0) is 19.4 Å². The Morgan fingerprint density at radius 2 is 2.14 bits per heavy atom. The molecule has 0 amide bonds. The highest BCUT2D eigenvalue weighted by Crippen LogP contribution is 2.34. The molecule has 0 N–H and O–H groups in total. The van der Waals surface area contributed by atoms with Gasteiger partial charge in [-0.15, -0.1) is 11.3 Å². The molecule has 0 aromatic carbocycles. The summed E-state index contributed by atoms with van der Waals surface area (Å²) in [6, 6.07) is 0. The molecule has 0 spiro atoms. The molecule has 0 bridgehead atoms. The third-order valence-electron chi connectivity index (χ3n) is 3.60. The molecule has 1 saturated heterocycles. The maximum atomic E-state index is 12.6. The summed E-state index contributed by atoms with van der Waals surface area (Å²) >= 11 is 1.10. The second-order valence-electron chi connectivity index (χ2n) is 5.07. The fourth-order valence-electron chi connectivity index (χ4n) is 2.48. The van der Waals surface area contributed by atoms with Crippen molar-refractivity contribution in [2.24, 2.45) is 0 Å². The van der Waals surface area contributed by atoms with Crippen LogP contribution < -0.4 is 0 Å². The molecule has 120 valence electrons. The molecular weight excluding hydrogens is 305 g/mol. The minimum Gasteiger partial charge on any atom is -0.355 e. The van der Waals surface area contributed by atoms with Crippen molar-refractivity contribution in [3.8, 4) is 0 Å². The number of likely N-dealkylation sites (tertiary alicyclic amines) is 1. The van der Waals surface area contributed by atoms with Crippen molar-refractivity contribution in [1.82, 2.24) is 9.88 Å². The van der Waals surface area contributed by atoms with Gasteiger partial charge in [0.25, 0.3) is 0 Å². The second kappa shape index (κ2) is 7.04. The van der Waals surface area contributed by atoms with E-state index in [0.717, 1.165) is 36.1 Å². The van der Waals surface area contributed by atoms with E-state index >= 15 is 0 Å². The van der Waals surface area contributed by atoms with Gasteiger partial charge in [0, 0.05) is 38.6 Å². The summed E-state index contributed by atoms with van der Waals surface area (Å²) in [6.45, 7) is 2.20. The number of piperidine rings is 1. The zero-order valence-corrected chi connectivity index (χ0v) is 12.8. The first-order valence-electron chi connectivity index (χ1n) is 6.74. The Labute approximate surface area is 125 Å². The maximum Gasteiger partial charge on any atom is 0.434 e. The highest BCUT2D eigenvalue weighted by molar-refractivity contribution is 7.09. The fraction of sp³-hybridized carbons (Fsp3) is 0.769. The number of methoxy groups -OCH3 is 2. The van der Waals surface area contributed by atoms with Gasteiger partial charge in [-0.2, -0.15) is 13.2 Å². The molecule has 0 saturated carbocycles. The van der Waals surface area contributed by atoms with E-state index in [1.807, 2.05) is 0 Å². The van der Waals surface area contributed by atoms with E-state index in [2.05, 4.69) is 9.88 Å². The minimum absolute atomic E-state index is 0.0502. The largest absolute Gasteiger partial charge is 0.434 e. The van der Waals surface area contributed by atoms with Gasteiger partial charge in [0.05, 0.1) is 5.01 Å². The number of alkyl halides is 3. The van der Waals surface area contributed by atoms with Crippen LogP contribution in [0, 0.1) is 0 Å². The summed E-state index contributed by atoms with van der Waals surface area (Å²) in [5.41, 5.74) is -0.786. The third-order valence-corrected chi connectivity index (χ3v) is 4.61. The van der Waals surface area contributed by atoms with E-state index in [1.54, 1.807) is 14.2 Å². The van der Waals surface area contributed by atoms with Crippen LogP contribution in [-0.4, -0.2) is 50.0 Å². The van der Waals surface area contributed by atoms with Crippen molar-refractivity contribution in [3.05, 3.63) is 16.1 Å². The van der Waals surface area contributed by atoms with E-state index < -0.39 is 11.9 Å². The van der Waals surface area contributed by atoms with Crippen LogP contribution >= 0.6 is 11.3 Å². The average Bonchev–Trinajstić information content (AvgIpc) is 2.95. The van der Waals surface area contributed by atoms with Crippen LogP contribution in [0.15, 0.2) is 5.38 Å². The monoisotopic (exact) mass is 324 g/mol. The first-order valence-corrected chi connectivity index (χ1v) is 7.62. The number of rotatable bonds is 5. The molecule has 0 aliphatic carbocycles. The molecule has 1 atom stereocenters. The lowest BCUT2D eigenvalue weighted by Crippen LogP contribution is -2.40. The number of halogens is 3. The van der Waals surface area contributed by atoms with Gasteiger partial charge in [-0.3, -0.25) is 4.90 Å². The fourth-order valence-corrected chi connectivity index (χ4v) is 3.44. The summed E-state index contributed by atoms with van der Waals surface area (Å²) in [5.74, 6) is 0.0502. The molecule has 1 aliphatic heterocycles. The Hall–Kier alpha value is -0.700. The van der Waals surface area contributed by atoms with Crippen LogP contribution in [0.3, 0.4) is 0 Å². The molecule has 8 heteroatoms. The minimum atomic E-state index is -4.36. The van der Waals surface area contributed by atoms with Crippen LogP contribution in [0.25, 0.3) is 0 Å². The summed E-state index contributed by atoms with van der Waals surface area (Å²) in [6.07, 6.45) is -2.87. The number of hydrogen-bond donors (Lipinski definition) is 0. The molecule has 1 aromatic rings. The number of ether oxygens (including phenoxy) is 2. The lowest BCUT2D eigenvalue weighted by molar-refractivity contribution is -0.140. The highest BCUT2D eigenvalue weighted by Gasteiger charge is 2.35. The summed E-state index contributed by atoms with van der Waals surface area (Å²) < 4.78 is 48.2. The van der Waals surface area contributed by atoms with Crippen molar-refractivity contribution in [3.63, 3.8) is 0 Å². The maximum absolute atomic E-state index is 12.6. The third kappa shape index (κ3) is 4.38. The molecule has 4 nitrogen and oxygen atoms in total. The van der Waals surface area contributed by atoms with E-state index in [9.17, 15) is 13.2 Å². The van der Waals surface area contributed by atoms with Crippen LogP contribution in [0.2, 0.25) is 0 Å². The molecule has 1 unspecified atom stereocenters. The average molecular weight is 324 g/mol. The van der Waals surface area contributed by atoms with Crippen LogP contribution in [0.5, 0.6) is 0 Å². The zero-order chi connectivity index (χ0) is 15.5. The highest BCUT2D eigenvalue weighted by atomic mass is 32.1. The quantitative estimate of drug-likeness (QED) is 0.780. The molecule has 21 heavy (non-hydrogen) atoms. The van der Waals surface area contributed by atoms with Gasteiger partial charge < -0.3 is 9.47 Å². The smallest absolute Gasteiger partial charge is 0.355 e. The van der Waals surface area contributed by atoms with E-state index in [4.69, 9.17) is 9.47 Å². The van der Waals surface area contributed by atoms with Crippen molar-refractivity contribution < 1.29 is 22.6 Å². The van der Waals surface area contributed by atoms with Gasteiger partial charge in [0.2, 0.25) is 0 Å². The number of thiazole rings is 1. The first kappa shape index (κ1) is 16.7. The standard InChI is InChI=1S/C13H19F3N2O2S/c1-19-11(20-2)7-18-5-3-4-9(6-18)12-17-10(8-21-12)13(14,15)16/h8-9,11H,3-7H2,1-2H3. The Morgan fingerprint density at radius 1 is 1.43 bits per heavy atom. The molecule has 1 aliphatic rings. The Morgan fingerprint density at radius 3 is 2.71 bits per heavy atom. The van der Waals surface area contributed by atoms with Gasteiger partial charge in [-0.1, -0.05) is 0 Å². The second-order valence-corrected chi connectivity index (χ2v) is 5.96. The van der Waals surface area contributed by atoms with Gasteiger partial charge in [0.1, 0.15) is 0 Å². The molecular formula is C13H19F3N2O2S. The molecule has 0 radical (unpaired) electrons.